The Hall–Kier alpha value is -1.17. The Kier molecular flexibility index (Phi) is 3.67. The van der Waals surface area contributed by atoms with Gasteiger partial charge >= 0.3 is 0 Å². The number of hydrogen-bond acceptors (Lipinski definition) is 3. The first-order chi connectivity index (χ1) is 9.53. The van der Waals surface area contributed by atoms with Gasteiger partial charge in [0.25, 0.3) is 0 Å². The number of aromatic nitrogens is 2. The molecule has 2 N–H and O–H groups in total. The number of rotatable bonds is 2. The van der Waals surface area contributed by atoms with Gasteiger partial charge in [-0.25, -0.2) is 8.78 Å². The first-order valence-corrected chi connectivity index (χ1v) is 7.45. The summed E-state index contributed by atoms with van der Waals surface area (Å²) in [5.74, 6) is -2.43. The molecular formula is C14H22F2N4. The number of nitrogens with two attached hydrogens (primary N) is 1. The van der Waals surface area contributed by atoms with E-state index in [4.69, 9.17) is 5.73 Å². The fourth-order valence-electron chi connectivity index (χ4n) is 3.46. The standard InChI is InChI=1S/C14H22F2N4/c15-14(16)5-1-12(2-6-14)19-7-3-13(4-8-19)20-10-11(17)9-18-20/h9-10,12-13H,1-8,17H2. The van der Waals surface area contributed by atoms with Crippen LogP contribution in [0.1, 0.15) is 44.6 Å². The van der Waals surface area contributed by atoms with E-state index in [1.807, 2.05) is 10.9 Å². The molecule has 112 valence electrons. The van der Waals surface area contributed by atoms with Crippen molar-refractivity contribution in [1.82, 2.24) is 14.7 Å². The highest BCUT2D eigenvalue weighted by molar-refractivity contribution is 5.30. The van der Waals surface area contributed by atoms with Crippen LogP contribution in [0, 0.1) is 0 Å². The maximum absolute atomic E-state index is 13.2. The smallest absolute Gasteiger partial charge is 0.248 e. The number of likely N-dealkylation sites (tertiary alicyclic amines) is 1. The molecule has 1 saturated carbocycles. The second-order valence-corrected chi connectivity index (χ2v) is 6.11. The lowest BCUT2D eigenvalue weighted by Gasteiger charge is -2.40. The predicted octanol–water partition coefficient (Wildman–Crippen LogP) is 2.68. The molecule has 2 heterocycles. The second kappa shape index (κ2) is 5.31. The van der Waals surface area contributed by atoms with Crippen molar-refractivity contribution < 1.29 is 8.78 Å². The highest BCUT2D eigenvalue weighted by atomic mass is 19.3. The first-order valence-electron chi connectivity index (χ1n) is 7.45. The molecule has 1 aromatic heterocycles. The third kappa shape index (κ3) is 2.95. The summed E-state index contributed by atoms with van der Waals surface area (Å²) in [7, 11) is 0. The molecule has 3 rings (SSSR count). The highest BCUT2D eigenvalue weighted by Gasteiger charge is 2.37. The molecule has 1 aromatic rings. The van der Waals surface area contributed by atoms with Crippen molar-refractivity contribution >= 4 is 5.69 Å². The van der Waals surface area contributed by atoms with Crippen LogP contribution >= 0.6 is 0 Å². The Labute approximate surface area is 117 Å². The van der Waals surface area contributed by atoms with E-state index >= 15 is 0 Å². The average Bonchev–Trinajstić information content (AvgIpc) is 2.86. The summed E-state index contributed by atoms with van der Waals surface area (Å²) < 4.78 is 28.3. The molecule has 0 spiro atoms. The fourth-order valence-corrected chi connectivity index (χ4v) is 3.46. The van der Waals surface area contributed by atoms with Crippen LogP contribution in [0.4, 0.5) is 14.5 Å². The van der Waals surface area contributed by atoms with Gasteiger partial charge in [-0.05, 0) is 25.7 Å². The van der Waals surface area contributed by atoms with E-state index in [-0.39, 0.29) is 12.8 Å². The molecule has 0 bridgehead atoms. The topological polar surface area (TPSA) is 47.1 Å². The van der Waals surface area contributed by atoms with E-state index in [2.05, 4.69) is 10.00 Å². The van der Waals surface area contributed by atoms with E-state index < -0.39 is 5.92 Å². The lowest BCUT2D eigenvalue weighted by atomic mass is 9.89. The van der Waals surface area contributed by atoms with Crippen molar-refractivity contribution in [2.24, 2.45) is 0 Å². The SMILES string of the molecule is Nc1cnn(C2CCN(C3CCC(F)(F)CC3)CC2)c1. The minimum atomic E-state index is -2.43. The van der Waals surface area contributed by atoms with Gasteiger partial charge in [0, 0.05) is 38.2 Å². The molecule has 20 heavy (non-hydrogen) atoms. The number of nitrogens with zero attached hydrogens (tertiary/aromatic N) is 3. The normalized spacial score (nSPS) is 25.9. The molecule has 1 saturated heterocycles. The summed E-state index contributed by atoms with van der Waals surface area (Å²) in [6, 6.07) is 0.742. The number of halogens is 2. The van der Waals surface area contributed by atoms with E-state index in [0.717, 1.165) is 25.9 Å². The Balaban J connectivity index is 1.51. The van der Waals surface area contributed by atoms with Crippen molar-refractivity contribution in [3.05, 3.63) is 12.4 Å². The third-order valence-corrected chi connectivity index (χ3v) is 4.70. The molecule has 0 unspecified atom stereocenters. The second-order valence-electron chi connectivity index (χ2n) is 6.11. The Morgan fingerprint density at radius 1 is 1.10 bits per heavy atom. The van der Waals surface area contributed by atoms with Gasteiger partial charge in [0.1, 0.15) is 0 Å². The van der Waals surface area contributed by atoms with Crippen LogP contribution in [0.25, 0.3) is 0 Å². The Morgan fingerprint density at radius 2 is 1.75 bits per heavy atom. The zero-order chi connectivity index (χ0) is 14.2. The maximum atomic E-state index is 13.2. The molecule has 1 aliphatic carbocycles. The van der Waals surface area contributed by atoms with Crippen LogP contribution in [0.2, 0.25) is 0 Å². The van der Waals surface area contributed by atoms with Gasteiger partial charge in [0.05, 0.1) is 17.9 Å². The van der Waals surface area contributed by atoms with Gasteiger partial charge in [-0.15, -0.1) is 0 Å². The van der Waals surface area contributed by atoms with E-state index in [1.165, 1.54) is 0 Å². The quantitative estimate of drug-likeness (QED) is 0.908. The van der Waals surface area contributed by atoms with E-state index in [1.54, 1.807) is 6.20 Å². The molecule has 0 amide bonds. The number of anilines is 1. The Bertz CT molecular complexity index is 442. The highest BCUT2D eigenvalue weighted by Crippen LogP contribution is 2.36. The van der Waals surface area contributed by atoms with Crippen LogP contribution < -0.4 is 5.73 Å². The Morgan fingerprint density at radius 3 is 2.30 bits per heavy atom. The molecular weight excluding hydrogens is 262 g/mol. The summed E-state index contributed by atoms with van der Waals surface area (Å²) in [5, 5.41) is 4.27. The molecule has 1 aliphatic heterocycles. The minimum Gasteiger partial charge on any atom is -0.396 e. The zero-order valence-corrected chi connectivity index (χ0v) is 11.6. The van der Waals surface area contributed by atoms with Gasteiger partial charge in [-0.1, -0.05) is 0 Å². The maximum Gasteiger partial charge on any atom is 0.248 e. The predicted molar refractivity (Wildman–Crippen MR) is 73.7 cm³/mol. The van der Waals surface area contributed by atoms with Crippen LogP contribution in [0.3, 0.4) is 0 Å². The molecule has 2 fully saturated rings. The number of alkyl halides is 2. The zero-order valence-electron chi connectivity index (χ0n) is 11.6. The van der Waals surface area contributed by atoms with E-state index in [9.17, 15) is 8.78 Å². The van der Waals surface area contributed by atoms with Crippen molar-refractivity contribution in [3.8, 4) is 0 Å². The van der Waals surface area contributed by atoms with Crippen LogP contribution in [-0.4, -0.2) is 39.7 Å². The molecule has 6 heteroatoms. The van der Waals surface area contributed by atoms with E-state index in [0.29, 0.717) is 30.6 Å². The van der Waals surface area contributed by atoms with Crippen molar-refractivity contribution in [1.29, 1.82) is 0 Å². The van der Waals surface area contributed by atoms with Crippen LogP contribution in [0.15, 0.2) is 12.4 Å². The minimum absolute atomic E-state index is 0.0489. The summed E-state index contributed by atoms with van der Waals surface area (Å²) in [4.78, 5) is 2.39. The van der Waals surface area contributed by atoms with Gasteiger partial charge < -0.3 is 10.6 Å². The number of hydrogen-bond donors (Lipinski definition) is 1. The third-order valence-electron chi connectivity index (χ3n) is 4.70. The van der Waals surface area contributed by atoms with Crippen molar-refractivity contribution in [2.75, 3.05) is 18.8 Å². The van der Waals surface area contributed by atoms with Gasteiger partial charge in [-0.2, -0.15) is 5.10 Å². The first kappa shape index (κ1) is 13.8. The van der Waals surface area contributed by atoms with Gasteiger partial charge in [0.2, 0.25) is 5.92 Å². The number of nitrogen functional groups attached to an aromatic ring is 1. The largest absolute Gasteiger partial charge is 0.396 e. The van der Waals surface area contributed by atoms with Crippen LogP contribution in [-0.2, 0) is 0 Å². The molecule has 4 nitrogen and oxygen atoms in total. The molecule has 0 radical (unpaired) electrons. The molecule has 0 atom stereocenters. The fraction of sp³-hybridized carbons (Fsp3) is 0.786. The van der Waals surface area contributed by atoms with Crippen LogP contribution in [0.5, 0.6) is 0 Å². The van der Waals surface area contributed by atoms with Crippen molar-refractivity contribution in [3.63, 3.8) is 0 Å². The molecule has 2 aliphatic rings. The monoisotopic (exact) mass is 284 g/mol. The summed E-state index contributed by atoms with van der Waals surface area (Å²) >= 11 is 0. The summed E-state index contributed by atoms with van der Waals surface area (Å²) in [5.41, 5.74) is 6.39. The van der Waals surface area contributed by atoms with Gasteiger partial charge in [0.15, 0.2) is 0 Å². The molecule has 0 aromatic carbocycles. The van der Waals surface area contributed by atoms with Crippen molar-refractivity contribution in [2.45, 2.75) is 56.5 Å². The summed E-state index contributed by atoms with van der Waals surface area (Å²) in [6.07, 6.45) is 6.96. The lowest BCUT2D eigenvalue weighted by Crippen LogP contribution is -2.45. The summed E-state index contributed by atoms with van der Waals surface area (Å²) in [6.45, 7) is 1.95. The number of piperidine rings is 1. The van der Waals surface area contributed by atoms with Gasteiger partial charge in [-0.3, -0.25) is 4.68 Å². The lowest BCUT2D eigenvalue weighted by molar-refractivity contribution is -0.0566. The average molecular weight is 284 g/mol.